The van der Waals surface area contributed by atoms with E-state index in [-0.39, 0.29) is 0 Å². The van der Waals surface area contributed by atoms with Gasteiger partial charge < -0.3 is 9.43 Å². The first-order valence-corrected chi connectivity index (χ1v) is 9.54. The fourth-order valence-electron chi connectivity index (χ4n) is 1.61. The van der Waals surface area contributed by atoms with Gasteiger partial charge >= 0.3 is 0 Å². The summed E-state index contributed by atoms with van der Waals surface area (Å²) in [5.41, 5.74) is 1.18. The van der Waals surface area contributed by atoms with E-state index in [2.05, 4.69) is 38.6 Å². The van der Waals surface area contributed by atoms with Crippen molar-refractivity contribution < 1.29 is 4.43 Å². The average Bonchev–Trinajstić information content (AvgIpc) is 2.09. The summed E-state index contributed by atoms with van der Waals surface area (Å²) in [7, 11) is 2.52. The van der Waals surface area contributed by atoms with E-state index in [1.807, 2.05) is 19.1 Å². The molecule has 0 saturated carbocycles. The molecule has 0 bridgehead atoms. The predicted molar refractivity (Wildman–Crippen MR) is 74.5 cm³/mol. The summed E-state index contributed by atoms with van der Waals surface area (Å²) >= 11 is 0. The van der Waals surface area contributed by atoms with E-state index in [0.717, 1.165) is 19.3 Å². The lowest BCUT2D eigenvalue weighted by Crippen LogP contribution is -2.32. The summed E-state index contributed by atoms with van der Waals surface area (Å²) in [6.45, 7) is 11.0. The van der Waals surface area contributed by atoms with Gasteiger partial charge in [0.15, 0.2) is 8.32 Å². The molecule has 0 aromatic rings. The van der Waals surface area contributed by atoms with Crippen molar-refractivity contribution in [1.82, 2.24) is 5.01 Å². The van der Waals surface area contributed by atoms with E-state index < -0.39 is 8.32 Å². The van der Waals surface area contributed by atoms with Crippen LogP contribution in [-0.2, 0) is 4.43 Å². The lowest BCUT2D eigenvalue weighted by molar-refractivity contribution is 0.181. The van der Waals surface area contributed by atoms with Crippen LogP contribution in [0, 0.1) is 0 Å². The topological polar surface area (TPSA) is 24.8 Å². The van der Waals surface area contributed by atoms with Crippen molar-refractivity contribution in [2.45, 2.75) is 58.9 Å². The fourth-order valence-corrected chi connectivity index (χ4v) is 2.89. The molecule has 96 valence electrons. The van der Waals surface area contributed by atoms with Crippen LogP contribution in [0.2, 0.25) is 19.6 Å². The third-order valence-electron chi connectivity index (χ3n) is 2.17. The van der Waals surface area contributed by atoms with Crippen LogP contribution < -0.4 is 0 Å². The van der Waals surface area contributed by atoms with E-state index >= 15 is 0 Å². The Hall–Kier alpha value is -0.353. The second-order valence-corrected chi connectivity index (χ2v) is 9.94. The van der Waals surface area contributed by atoms with E-state index in [4.69, 9.17) is 4.43 Å². The Labute approximate surface area is 102 Å². The standard InChI is InChI=1S/C12H28N2OSi/c1-8-12(15-16(5,6)7)10-9-11(2)13-14(3)4/h12H,8-10H2,1-7H3. The Morgan fingerprint density at radius 3 is 2.25 bits per heavy atom. The first-order chi connectivity index (χ1) is 7.24. The van der Waals surface area contributed by atoms with Crippen LogP contribution in [0.25, 0.3) is 0 Å². The normalized spacial score (nSPS) is 15.1. The van der Waals surface area contributed by atoms with Crippen LogP contribution >= 0.6 is 0 Å². The number of hydrazone groups is 1. The molecule has 4 heteroatoms. The molecule has 0 radical (unpaired) electrons. The van der Waals surface area contributed by atoms with Crippen LogP contribution in [-0.4, -0.2) is 39.2 Å². The quantitative estimate of drug-likeness (QED) is 0.390. The third kappa shape index (κ3) is 8.92. The van der Waals surface area contributed by atoms with Crippen molar-refractivity contribution in [2.75, 3.05) is 14.1 Å². The first-order valence-electron chi connectivity index (χ1n) is 6.14. The van der Waals surface area contributed by atoms with Crippen LogP contribution in [0.1, 0.15) is 33.1 Å². The Morgan fingerprint density at radius 2 is 1.88 bits per heavy atom. The monoisotopic (exact) mass is 244 g/mol. The Balaban J connectivity index is 4.06. The van der Waals surface area contributed by atoms with Crippen LogP contribution in [0.3, 0.4) is 0 Å². The highest BCUT2D eigenvalue weighted by molar-refractivity contribution is 6.69. The summed E-state index contributed by atoms with van der Waals surface area (Å²) in [6, 6.07) is 0. The summed E-state index contributed by atoms with van der Waals surface area (Å²) in [5, 5.41) is 6.24. The number of rotatable bonds is 7. The zero-order valence-corrected chi connectivity index (χ0v) is 13.0. The van der Waals surface area contributed by atoms with E-state index in [1.54, 1.807) is 0 Å². The molecule has 3 nitrogen and oxygen atoms in total. The van der Waals surface area contributed by atoms with Gasteiger partial charge in [0.05, 0.1) is 0 Å². The van der Waals surface area contributed by atoms with E-state index in [1.165, 1.54) is 5.71 Å². The van der Waals surface area contributed by atoms with Gasteiger partial charge in [-0.2, -0.15) is 5.10 Å². The summed E-state index contributed by atoms with van der Waals surface area (Å²) < 4.78 is 6.11. The second kappa shape index (κ2) is 7.07. The molecule has 0 spiro atoms. The summed E-state index contributed by atoms with van der Waals surface area (Å²) in [4.78, 5) is 0. The number of hydrogen-bond donors (Lipinski definition) is 0. The molecule has 0 N–H and O–H groups in total. The predicted octanol–water partition coefficient (Wildman–Crippen LogP) is 3.33. The van der Waals surface area contributed by atoms with E-state index in [0.29, 0.717) is 6.10 Å². The summed E-state index contributed by atoms with van der Waals surface area (Å²) in [6.07, 6.45) is 3.61. The first kappa shape index (κ1) is 15.6. The van der Waals surface area contributed by atoms with Gasteiger partial charge in [-0.25, -0.2) is 0 Å². The highest BCUT2D eigenvalue weighted by Gasteiger charge is 2.19. The second-order valence-electron chi connectivity index (χ2n) is 5.48. The number of hydrogen-bond acceptors (Lipinski definition) is 3. The molecule has 0 amide bonds. The molecule has 16 heavy (non-hydrogen) atoms. The van der Waals surface area contributed by atoms with Crippen molar-refractivity contribution in [2.24, 2.45) is 5.10 Å². The van der Waals surface area contributed by atoms with E-state index in [9.17, 15) is 0 Å². The zero-order chi connectivity index (χ0) is 12.8. The van der Waals surface area contributed by atoms with Crippen molar-refractivity contribution in [1.29, 1.82) is 0 Å². The minimum Gasteiger partial charge on any atom is -0.415 e. The van der Waals surface area contributed by atoms with Crippen LogP contribution in [0.15, 0.2) is 5.10 Å². The maximum atomic E-state index is 6.11. The van der Waals surface area contributed by atoms with Gasteiger partial charge in [0.25, 0.3) is 0 Å². The van der Waals surface area contributed by atoms with Crippen molar-refractivity contribution in [3.8, 4) is 0 Å². The molecule has 0 aliphatic carbocycles. The minimum atomic E-state index is -1.40. The molecular formula is C12H28N2OSi. The highest BCUT2D eigenvalue weighted by Crippen LogP contribution is 2.14. The van der Waals surface area contributed by atoms with Crippen LogP contribution in [0.5, 0.6) is 0 Å². The Kier molecular flexibility index (Phi) is 6.91. The average molecular weight is 244 g/mol. The lowest BCUT2D eigenvalue weighted by Gasteiger charge is -2.25. The van der Waals surface area contributed by atoms with Gasteiger partial charge in [-0.05, 0) is 45.8 Å². The molecule has 0 aromatic heterocycles. The van der Waals surface area contributed by atoms with Crippen molar-refractivity contribution in [3.63, 3.8) is 0 Å². The molecule has 0 aromatic carbocycles. The largest absolute Gasteiger partial charge is 0.415 e. The zero-order valence-electron chi connectivity index (χ0n) is 12.0. The Bertz CT molecular complexity index is 222. The van der Waals surface area contributed by atoms with Gasteiger partial charge in [0.1, 0.15) is 0 Å². The molecule has 1 unspecified atom stereocenters. The molecule has 0 aliphatic heterocycles. The molecule has 1 atom stereocenters. The van der Waals surface area contributed by atoms with Gasteiger partial charge in [-0.1, -0.05) is 6.92 Å². The number of nitrogens with zero attached hydrogens (tertiary/aromatic N) is 2. The molecule has 0 saturated heterocycles. The summed E-state index contributed by atoms with van der Waals surface area (Å²) in [5.74, 6) is 0. The van der Waals surface area contributed by atoms with Crippen LogP contribution in [0.4, 0.5) is 0 Å². The van der Waals surface area contributed by atoms with Gasteiger partial charge in [-0.3, -0.25) is 0 Å². The van der Waals surface area contributed by atoms with Gasteiger partial charge in [-0.15, -0.1) is 0 Å². The molecule has 0 heterocycles. The SMILES string of the molecule is CCC(CCC(C)=NN(C)C)O[Si](C)(C)C. The molecule has 0 aliphatic rings. The molecule has 0 fully saturated rings. The maximum absolute atomic E-state index is 6.11. The third-order valence-corrected chi connectivity index (χ3v) is 3.21. The minimum absolute atomic E-state index is 0.402. The maximum Gasteiger partial charge on any atom is 0.184 e. The fraction of sp³-hybridized carbons (Fsp3) is 0.917. The van der Waals surface area contributed by atoms with Crippen molar-refractivity contribution >= 4 is 14.0 Å². The lowest BCUT2D eigenvalue weighted by atomic mass is 10.1. The smallest absolute Gasteiger partial charge is 0.184 e. The Morgan fingerprint density at radius 1 is 1.31 bits per heavy atom. The van der Waals surface area contributed by atoms with Gasteiger partial charge in [0, 0.05) is 25.9 Å². The van der Waals surface area contributed by atoms with Crippen molar-refractivity contribution in [3.05, 3.63) is 0 Å². The molecule has 0 rings (SSSR count). The van der Waals surface area contributed by atoms with Gasteiger partial charge in [0.2, 0.25) is 0 Å². The molecular weight excluding hydrogens is 216 g/mol. The highest BCUT2D eigenvalue weighted by atomic mass is 28.4.